The van der Waals surface area contributed by atoms with Crippen molar-refractivity contribution >= 4 is 34.7 Å². The summed E-state index contributed by atoms with van der Waals surface area (Å²) in [6.45, 7) is 0.423. The monoisotopic (exact) mass is 490 g/mol. The zero-order valence-corrected chi connectivity index (χ0v) is 19.6. The van der Waals surface area contributed by atoms with E-state index < -0.39 is 10.2 Å². The van der Waals surface area contributed by atoms with E-state index in [0.29, 0.717) is 35.3 Å². The summed E-state index contributed by atoms with van der Waals surface area (Å²) in [5.74, 6) is 0.970. The van der Waals surface area contributed by atoms with Crippen LogP contribution in [-0.2, 0) is 17.8 Å². The van der Waals surface area contributed by atoms with Gasteiger partial charge in [0, 0.05) is 12.1 Å². The molecule has 0 aliphatic carbocycles. The zero-order valence-electron chi connectivity index (χ0n) is 18.8. The van der Waals surface area contributed by atoms with Gasteiger partial charge in [-0.15, -0.1) is 5.10 Å². The second kappa shape index (κ2) is 11.3. The van der Waals surface area contributed by atoms with Crippen molar-refractivity contribution in [3.63, 3.8) is 0 Å². The standard InChI is InChI=1S/C25H22N4O5S/c1-33-22-13-19(10-11-21(22)34-16-17-6-3-2-4-7-17)15-26-28-25-27-24(30)23(35-25)14-18-8-5-9-20(12-18)29(31)32/h2-13,15,23H,14,16H2,1H3,(H,27,28,30). The van der Waals surface area contributed by atoms with Gasteiger partial charge in [0.2, 0.25) is 5.91 Å². The number of ether oxygens (including phenoxy) is 2. The normalized spacial score (nSPS) is 16.4. The maximum atomic E-state index is 12.3. The Labute approximate surface area is 206 Å². The number of methoxy groups -OCH3 is 1. The zero-order chi connectivity index (χ0) is 24.6. The number of rotatable bonds is 9. The molecule has 1 aliphatic rings. The molecular formula is C25H22N4O5S. The summed E-state index contributed by atoms with van der Waals surface area (Å²) in [6.07, 6.45) is 1.90. The summed E-state index contributed by atoms with van der Waals surface area (Å²) in [6, 6.07) is 21.5. The number of nitro groups is 1. The maximum absolute atomic E-state index is 12.3. The number of carbonyl (C=O) groups excluding carboxylic acids is 1. The van der Waals surface area contributed by atoms with Crippen LogP contribution in [0, 0.1) is 10.1 Å². The minimum Gasteiger partial charge on any atom is -0.493 e. The summed E-state index contributed by atoms with van der Waals surface area (Å²) >= 11 is 1.24. The van der Waals surface area contributed by atoms with Crippen molar-refractivity contribution in [3.8, 4) is 11.5 Å². The fourth-order valence-corrected chi connectivity index (χ4v) is 4.33. The molecule has 10 heteroatoms. The third kappa shape index (κ3) is 6.45. The van der Waals surface area contributed by atoms with Gasteiger partial charge in [-0.2, -0.15) is 5.10 Å². The Hall–Kier alpha value is -4.18. The summed E-state index contributed by atoms with van der Waals surface area (Å²) in [4.78, 5) is 22.8. The first-order chi connectivity index (χ1) is 17.0. The minimum absolute atomic E-state index is 0.00342. The van der Waals surface area contributed by atoms with Gasteiger partial charge in [-0.1, -0.05) is 54.2 Å². The van der Waals surface area contributed by atoms with Crippen LogP contribution in [0.4, 0.5) is 5.69 Å². The molecular weight excluding hydrogens is 468 g/mol. The molecule has 1 amide bonds. The number of nitro benzene ring substituents is 1. The van der Waals surface area contributed by atoms with Crippen molar-refractivity contribution in [3.05, 3.63) is 99.6 Å². The predicted molar refractivity (Wildman–Crippen MR) is 135 cm³/mol. The van der Waals surface area contributed by atoms with E-state index in [9.17, 15) is 14.9 Å². The van der Waals surface area contributed by atoms with Gasteiger partial charge in [0.1, 0.15) is 6.61 Å². The van der Waals surface area contributed by atoms with Gasteiger partial charge in [-0.05, 0) is 41.3 Å². The quantitative estimate of drug-likeness (QED) is 0.271. The highest BCUT2D eigenvalue weighted by atomic mass is 32.2. The Morgan fingerprint density at radius 1 is 1.06 bits per heavy atom. The van der Waals surface area contributed by atoms with E-state index in [0.717, 1.165) is 11.1 Å². The van der Waals surface area contributed by atoms with Crippen molar-refractivity contribution in [2.24, 2.45) is 10.2 Å². The van der Waals surface area contributed by atoms with Gasteiger partial charge in [-0.25, -0.2) is 0 Å². The number of amidine groups is 1. The molecule has 35 heavy (non-hydrogen) atoms. The van der Waals surface area contributed by atoms with Gasteiger partial charge < -0.3 is 14.8 Å². The molecule has 1 aliphatic heterocycles. The van der Waals surface area contributed by atoms with Gasteiger partial charge in [0.25, 0.3) is 5.69 Å². The first-order valence-electron chi connectivity index (χ1n) is 10.7. The van der Waals surface area contributed by atoms with E-state index in [2.05, 4.69) is 15.5 Å². The smallest absolute Gasteiger partial charge is 0.269 e. The highest BCUT2D eigenvalue weighted by Gasteiger charge is 2.30. The molecule has 178 valence electrons. The molecule has 1 fully saturated rings. The Kier molecular flexibility index (Phi) is 7.74. The molecule has 4 rings (SSSR count). The number of non-ortho nitro benzene ring substituents is 1. The maximum Gasteiger partial charge on any atom is 0.269 e. The summed E-state index contributed by atoms with van der Waals surface area (Å²) in [7, 11) is 1.57. The molecule has 9 nitrogen and oxygen atoms in total. The highest BCUT2D eigenvalue weighted by molar-refractivity contribution is 8.15. The summed E-state index contributed by atoms with van der Waals surface area (Å²) in [5, 5.41) is 21.8. The molecule has 1 unspecified atom stereocenters. The van der Waals surface area contributed by atoms with Crippen LogP contribution >= 0.6 is 11.8 Å². The van der Waals surface area contributed by atoms with E-state index in [1.54, 1.807) is 37.6 Å². The summed E-state index contributed by atoms with van der Waals surface area (Å²) in [5.41, 5.74) is 2.51. The Morgan fingerprint density at radius 2 is 1.86 bits per heavy atom. The second-order valence-corrected chi connectivity index (χ2v) is 8.75. The number of amides is 1. The van der Waals surface area contributed by atoms with E-state index in [-0.39, 0.29) is 11.6 Å². The van der Waals surface area contributed by atoms with E-state index in [4.69, 9.17) is 9.47 Å². The topological polar surface area (TPSA) is 115 Å². The third-order valence-electron chi connectivity index (χ3n) is 5.10. The van der Waals surface area contributed by atoms with Gasteiger partial charge in [-0.3, -0.25) is 14.9 Å². The van der Waals surface area contributed by atoms with Crippen LogP contribution in [0.5, 0.6) is 11.5 Å². The first-order valence-corrected chi connectivity index (χ1v) is 11.6. The molecule has 3 aromatic carbocycles. The fraction of sp³-hybridized carbons (Fsp3) is 0.160. The second-order valence-electron chi connectivity index (χ2n) is 7.56. The largest absolute Gasteiger partial charge is 0.493 e. The average Bonchev–Trinajstić information content (AvgIpc) is 3.22. The molecule has 1 N–H and O–H groups in total. The molecule has 0 bridgehead atoms. The molecule has 0 radical (unpaired) electrons. The van der Waals surface area contributed by atoms with E-state index in [1.165, 1.54) is 23.9 Å². The lowest BCUT2D eigenvalue weighted by atomic mass is 10.1. The number of hydrogen-bond donors (Lipinski definition) is 1. The lowest BCUT2D eigenvalue weighted by Crippen LogP contribution is -2.25. The predicted octanol–water partition coefficient (Wildman–Crippen LogP) is 4.35. The first kappa shape index (κ1) is 24.0. The number of hydrogen-bond acceptors (Lipinski definition) is 8. The molecule has 0 aromatic heterocycles. The summed E-state index contributed by atoms with van der Waals surface area (Å²) < 4.78 is 11.3. The third-order valence-corrected chi connectivity index (χ3v) is 6.17. The minimum atomic E-state index is -0.454. The number of benzene rings is 3. The van der Waals surface area contributed by atoms with E-state index in [1.807, 2.05) is 36.4 Å². The molecule has 3 aromatic rings. The molecule has 0 spiro atoms. The molecule has 1 atom stereocenters. The van der Waals surface area contributed by atoms with Gasteiger partial charge in [0.15, 0.2) is 16.7 Å². The lowest BCUT2D eigenvalue weighted by Gasteiger charge is -2.11. The van der Waals surface area contributed by atoms with Crippen molar-refractivity contribution in [2.45, 2.75) is 18.3 Å². The number of carbonyl (C=O) groups is 1. The van der Waals surface area contributed by atoms with Crippen molar-refractivity contribution in [1.29, 1.82) is 0 Å². The van der Waals surface area contributed by atoms with Crippen LogP contribution in [0.15, 0.2) is 83.0 Å². The highest BCUT2D eigenvalue weighted by Crippen LogP contribution is 2.29. The Morgan fingerprint density at radius 3 is 2.63 bits per heavy atom. The Balaban J connectivity index is 1.37. The van der Waals surface area contributed by atoms with Crippen molar-refractivity contribution in [1.82, 2.24) is 5.32 Å². The SMILES string of the molecule is COc1cc(C=N/N=C2\NC(=O)C(Cc3cccc([N+](=O)[O-])c3)S2)ccc1OCc1ccccc1. The lowest BCUT2D eigenvalue weighted by molar-refractivity contribution is -0.384. The van der Waals surface area contributed by atoms with Gasteiger partial charge in [0.05, 0.1) is 23.5 Å². The molecule has 1 saturated heterocycles. The number of thioether (sulfide) groups is 1. The van der Waals surface area contributed by atoms with Crippen LogP contribution in [0.2, 0.25) is 0 Å². The van der Waals surface area contributed by atoms with Crippen molar-refractivity contribution in [2.75, 3.05) is 7.11 Å². The van der Waals surface area contributed by atoms with Gasteiger partial charge >= 0.3 is 0 Å². The van der Waals surface area contributed by atoms with Crippen LogP contribution in [0.1, 0.15) is 16.7 Å². The van der Waals surface area contributed by atoms with Crippen LogP contribution in [0.3, 0.4) is 0 Å². The van der Waals surface area contributed by atoms with E-state index >= 15 is 0 Å². The van der Waals surface area contributed by atoms with Crippen LogP contribution in [-0.4, -0.2) is 34.6 Å². The van der Waals surface area contributed by atoms with Crippen LogP contribution < -0.4 is 14.8 Å². The Bertz CT molecular complexity index is 1280. The number of nitrogens with zero attached hydrogens (tertiary/aromatic N) is 3. The molecule has 0 saturated carbocycles. The average molecular weight is 491 g/mol. The van der Waals surface area contributed by atoms with Crippen LogP contribution in [0.25, 0.3) is 0 Å². The fourth-order valence-electron chi connectivity index (χ4n) is 3.36. The number of nitrogens with one attached hydrogen (secondary N) is 1. The molecule has 1 heterocycles. The van der Waals surface area contributed by atoms with Crippen molar-refractivity contribution < 1.29 is 19.2 Å².